The Hall–Kier alpha value is -1.76. The highest BCUT2D eigenvalue weighted by Crippen LogP contribution is 2.33. The average molecular weight is 293 g/mol. The van der Waals surface area contributed by atoms with Gasteiger partial charge in [0, 0.05) is 4.88 Å². The zero-order chi connectivity index (χ0) is 14.3. The third-order valence-corrected chi connectivity index (χ3v) is 4.89. The second kappa shape index (κ2) is 4.97. The molecule has 0 unspecified atom stereocenters. The minimum atomic E-state index is -0.761. The highest BCUT2D eigenvalue weighted by atomic mass is 32.1. The molecule has 7 heteroatoms. The maximum Gasteiger partial charge on any atom is 0.330 e. The second-order valence-electron chi connectivity index (χ2n) is 4.93. The monoisotopic (exact) mass is 293 g/mol. The van der Waals surface area contributed by atoms with Gasteiger partial charge >= 0.3 is 5.97 Å². The van der Waals surface area contributed by atoms with Crippen LogP contribution in [0.1, 0.15) is 36.2 Å². The van der Waals surface area contributed by atoms with Crippen molar-refractivity contribution in [2.45, 2.75) is 38.6 Å². The lowest BCUT2D eigenvalue weighted by molar-refractivity contribution is -0.144. The van der Waals surface area contributed by atoms with Crippen LogP contribution in [0.5, 0.6) is 0 Å². The van der Waals surface area contributed by atoms with E-state index in [4.69, 9.17) is 0 Å². The number of methoxy groups -OCH3 is 1. The fourth-order valence-corrected chi connectivity index (χ4v) is 3.81. The van der Waals surface area contributed by atoms with Gasteiger partial charge in [0.25, 0.3) is 5.56 Å². The Bertz CT molecular complexity index is 734. The van der Waals surface area contributed by atoms with Crippen molar-refractivity contribution in [1.29, 1.82) is 0 Å². The van der Waals surface area contributed by atoms with E-state index in [-0.39, 0.29) is 5.56 Å². The quantitative estimate of drug-likeness (QED) is 0.784. The summed E-state index contributed by atoms with van der Waals surface area (Å²) in [5.41, 5.74) is 0.856. The second-order valence-corrected chi connectivity index (χ2v) is 6.01. The fourth-order valence-electron chi connectivity index (χ4n) is 2.61. The van der Waals surface area contributed by atoms with Crippen LogP contribution in [0.4, 0.5) is 0 Å². The number of hydrogen-bond acceptors (Lipinski definition) is 6. The molecule has 0 aliphatic heterocycles. The number of ether oxygens (including phenoxy) is 1. The summed E-state index contributed by atoms with van der Waals surface area (Å²) >= 11 is 1.55. The number of rotatable bonds is 2. The maximum absolute atomic E-state index is 12.6. The van der Waals surface area contributed by atoms with Crippen LogP contribution in [0, 0.1) is 0 Å². The van der Waals surface area contributed by atoms with Gasteiger partial charge in [-0.05, 0) is 38.2 Å². The van der Waals surface area contributed by atoms with Crippen molar-refractivity contribution in [3.05, 3.63) is 20.8 Å². The van der Waals surface area contributed by atoms with Crippen molar-refractivity contribution in [2.75, 3.05) is 7.11 Å². The molecule has 2 aromatic rings. The van der Waals surface area contributed by atoms with Crippen LogP contribution in [-0.2, 0) is 22.4 Å². The minimum absolute atomic E-state index is 0.243. The molecule has 0 spiro atoms. The van der Waals surface area contributed by atoms with Crippen molar-refractivity contribution in [3.8, 4) is 0 Å². The van der Waals surface area contributed by atoms with Crippen LogP contribution in [-0.4, -0.2) is 28.1 Å². The van der Waals surface area contributed by atoms with E-state index >= 15 is 0 Å². The number of nitrogens with zero attached hydrogens (tertiary/aromatic N) is 3. The summed E-state index contributed by atoms with van der Waals surface area (Å²) in [7, 11) is 1.29. The summed E-state index contributed by atoms with van der Waals surface area (Å²) in [5.74, 6) is -0.496. The highest BCUT2D eigenvalue weighted by Gasteiger charge is 2.24. The number of fused-ring (bicyclic) bond motifs is 3. The molecule has 2 aromatic heterocycles. The summed E-state index contributed by atoms with van der Waals surface area (Å²) in [6.07, 6.45) is 4.15. The summed E-state index contributed by atoms with van der Waals surface area (Å²) in [4.78, 5) is 26.1. The SMILES string of the molecule is COC(=O)[C@@H](C)n1nnc2sc3c(c2c1=O)CCCC3. The van der Waals surface area contributed by atoms with Gasteiger partial charge in [-0.25, -0.2) is 4.79 Å². The lowest BCUT2D eigenvalue weighted by atomic mass is 9.97. The molecule has 1 aliphatic carbocycles. The molecule has 1 aliphatic rings. The van der Waals surface area contributed by atoms with Gasteiger partial charge in [-0.15, -0.1) is 16.4 Å². The van der Waals surface area contributed by atoms with Crippen molar-refractivity contribution >= 4 is 27.5 Å². The molecule has 0 radical (unpaired) electrons. The third-order valence-electron chi connectivity index (χ3n) is 3.72. The van der Waals surface area contributed by atoms with Crippen molar-refractivity contribution in [1.82, 2.24) is 15.0 Å². The van der Waals surface area contributed by atoms with E-state index in [9.17, 15) is 9.59 Å². The standard InChI is InChI=1S/C13H15N3O3S/c1-7(13(18)19-2)16-12(17)10-8-5-3-4-6-9(8)20-11(10)14-15-16/h7H,3-6H2,1-2H3/t7-/m1/s1. The first-order chi connectivity index (χ1) is 9.63. The Morgan fingerprint density at radius 2 is 2.15 bits per heavy atom. The molecule has 0 amide bonds. The van der Waals surface area contributed by atoms with Gasteiger partial charge in [0.2, 0.25) is 0 Å². The zero-order valence-corrected chi connectivity index (χ0v) is 12.2. The number of aryl methyl sites for hydroxylation is 2. The Morgan fingerprint density at radius 3 is 2.90 bits per heavy atom. The molecule has 0 fully saturated rings. The lowest BCUT2D eigenvalue weighted by Gasteiger charge is -2.12. The minimum Gasteiger partial charge on any atom is -0.467 e. The van der Waals surface area contributed by atoms with E-state index in [2.05, 4.69) is 15.0 Å². The number of aromatic nitrogens is 3. The highest BCUT2D eigenvalue weighted by molar-refractivity contribution is 7.18. The van der Waals surface area contributed by atoms with E-state index in [1.807, 2.05) is 0 Å². The van der Waals surface area contributed by atoms with Crippen LogP contribution >= 0.6 is 11.3 Å². The number of carbonyl (C=O) groups excluding carboxylic acids is 1. The Labute approximate surface area is 119 Å². The fraction of sp³-hybridized carbons (Fsp3) is 0.538. The molecule has 0 bridgehead atoms. The molecule has 1 atom stereocenters. The normalized spacial score (nSPS) is 15.9. The zero-order valence-electron chi connectivity index (χ0n) is 11.4. The number of carbonyl (C=O) groups is 1. The number of hydrogen-bond donors (Lipinski definition) is 0. The van der Waals surface area contributed by atoms with Crippen LogP contribution in [0.2, 0.25) is 0 Å². The Morgan fingerprint density at radius 1 is 1.40 bits per heavy atom. The molecule has 0 N–H and O–H groups in total. The first-order valence-electron chi connectivity index (χ1n) is 6.61. The van der Waals surface area contributed by atoms with Gasteiger partial charge in [0.05, 0.1) is 12.5 Å². The predicted octanol–water partition coefficient (Wildman–Crippen LogP) is 1.47. The molecule has 6 nitrogen and oxygen atoms in total. The summed E-state index contributed by atoms with van der Waals surface area (Å²) in [6.45, 7) is 1.59. The molecule has 0 saturated carbocycles. The molecule has 106 valence electrons. The van der Waals surface area contributed by atoms with E-state index < -0.39 is 12.0 Å². The molecular weight excluding hydrogens is 278 g/mol. The van der Waals surface area contributed by atoms with Gasteiger partial charge in [0.1, 0.15) is 0 Å². The Kier molecular flexibility index (Phi) is 3.29. The van der Waals surface area contributed by atoms with E-state index in [1.165, 1.54) is 12.0 Å². The van der Waals surface area contributed by atoms with Crippen LogP contribution < -0.4 is 5.56 Å². The van der Waals surface area contributed by atoms with Crippen molar-refractivity contribution < 1.29 is 9.53 Å². The molecule has 20 heavy (non-hydrogen) atoms. The molecule has 3 rings (SSSR count). The number of esters is 1. The van der Waals surface area contributed by atoms with Gasteiger partial charge < -0.3 is 4.74 Å². The first-order valence-corrected chi connectivity index (χ1v) is 7.42. The maximum atomic E-state index is 12.6. The molecular formula is C13H15N3O3S. The van der Waals surface area contributed by atoms with Crippen LogP contribution in [0.25, 0.3) is 10.2 Å². The van der Waals surface area contributed by atoms with Crippen molar-refractivity contribution in [3.63, 3.8) is 0 Å². The van der Waals surface area contributed by atoms with Gasteiger partial charge in [-0.2, -0.15) is 4.68 Å². The molecule has 0 aromatic carbocycles. The molecule has 0 saturated heterocycles. The number of thiophene rings is 1. The van der Waals surface area contributed by atoms with Crippen molar-refractivity contribution in [2.24, 2.45) is 0 Å². The Balaban J connectivity index is 2.20. The van der Waals surface area contributed by atoms with Gasteiger partial charge in [0.15, 0.2) is 10.9 Å². The van der Waals surface area contributed by atoms with Gasteiger partial charge in [-0.3, -0.25) is 4.79 Å². The largest absolute Gasteiger partial charge is 0.467 e. The van der Waals surface area contributed by atoms with E-state index in [1.54, 1.807) is 18.3 Å². The van der Waals surface area contributed by atoms with Crippen LogP contribution in [0.15, 0.2) is 4.79 Å². The van der Waals surface area contributed by atoms with E-state index in [0.29, 0.717) is 10.2 Å². The summed E-state index contributed by atoms with van der Waals surface area (Å²) in [5, 5.41) is 8.63. The summed E-state index contributed by atoms with van der Waals surface area (Å²) in [6, 6.07) is -0.761. The summed E-state index contributed by atoms with van der Waals surface area (Å²) < 4.78 is 5.78. The van der Waals surface area contributed by atoms with E-state index in [0.717, 1.165) is 35.9 Å². The van der Waals surface area contributed by atoms with Gasteiger partial charge in [-0.1, -0.05) is 5.21 Å². The topological polar surface area (TPSA) is 74.1 Å². The van der Waals surface area contributed by atoms with Crippen LogP contribution in [0.3, 0.4) is 0 Å². The smallest absolute Gasteiger partial charge is 0.330 e. The average Bonchev–Trinajstić information content (AvgIpc) is 2.85. The molecule has 2 heterocycles. The lowest BCUT2D eigenvalue weighted by Crippen LogP contribution is -2.32. The third kappa shape index (κ3) is 1.93. The first kappa shape index (κ1) is 13.2. The predicted molar refractivity (Wildman–Crippen MR) is 75.0 cm³/mol.